The summed E-state index contributed by atoms with van der Waals surface area (Å²) in [4.78, 5) is 8.73. The van der Waals surface area contributed by atoms with Crippen molar-refractivity contribution in [2.24, 2.45) is 9.98 Å². The molecular weight excluding hydrogens is 450 g/mol. The highest BCUT2D eigenvalue weighted by Crippen LogP contribution is 2.61. The first kappa shape index (κ1) is 21.2. The predicted molar refractivity (Wildman–Crippen MR) is 133 cm³/mol. The van der Waals surface area contributed by atoms with Crippen LogP contribution in [0.1, 0.15) is 27.8 Å². The summed E-state index contributed by atoms with van der Waals surface area (Å²) in [6, 6.07) is 0. The Bertz CT molecular complexity index is 1550. The van der Waals surface area contributed by atoms with Crippen LogP contribution < -0.4 is 5.32 Å². The van der Waals surface area contributed by atoms with Gasteiger partial charge in [0.1, 0.15) is 0 Å². The van der Waals surface area contributed by atoms with Crippen molar-refractivity contribution in [3.8, 4) is 56.8 Å². The third kappa shape index (κ3) is 2.57. The van der Waals surface area contributed by atoms with Crippen LogP contribution in [0.15, 0.2) is 9.98 Å². The minimum Gasteiger partial charge on any atom is -0.504 e. The third-order valence-electron chi connectivity index (χ3n) is 7.31. The smallest absolute Gasteiger partial charge is 0.168 e. The van der Waals surface area contributed by atoms with Crippen molar-refractivity contribution in [2.75, 3.05) is 11.9 Å². The van der Waals surface area contributed by atoms with Crippen LogP contribution in [0, 0.1) is 13.8 Å². The molecule has 178 valence electrons. The highest BCUT2D eigenvalue weighted by atomic mass is 16.3. The number of hydrogen-bond donors (Lipinski definition) is 7. The van der Waals surface area contributed by atoms with Crippen LogP contribution in [0.3, 0.4) is 0 Å². The summed E-state index contributed by atoms with van der Waals surface area (Å²) in [5.74, 6) is -2.54. The summed E-state index contributed by atoms with van der Waals surface area (Å²) in [5.41, 5.74) is 4.90. The Hall–Kier alpha value is -4.40. The summed E-state index contributed by atoms with van der Waals surface area (Å²) in [5, 5.41) is 69.0. The second-order valence-corrected chi connectivity index (χ2v) is 9.06. The van der Waals surface area contributed by atoms with E-state index in [1.807, 2.05) is 0 Å². The zero-order valence-corrected chi connectivity index (χ0v) is 19.1. The van der Waals surface area contributed by atoms with Gasteiger partial charge in [-0.15, -0.1) is 0 Å². The summed E-state index contributed by atoms with van der Waals surface area (Å²) < 4.78 is 0. The van der Waals surface area contributed by atoms with Crippen LogP contribution in [0.2, 0.25) is 0 Å². The van der Waals surface area contributed by atoms with Crippen LogP contribution in [-0.4, -0.2) is 49.6 Å². The number of fused-ring (bicyclic) bond motifs is 3. The Morgan fingerprint density at radius 1 is 0.600 bits per heavy atom. The molecule has 0 saturated heterocycles. The lowest BCUT2D eigenvalue weighted by molar-refractivity contribution is 0.397. The van der Waals surface area contributed by atoms with Crippen LogP contribution >= 0.6 is 0 Å². The number of aliphatic imine (C=N–C) groups is 2. The van der Waals surface area contributed by atoms with Crippen molar-refractivity contribution >= 4 is 29.5 Å². The normalized spacial score (nSPS) is 14.8. The van der Waals surface area contributed by atoms with Gasteiger partial charge in [-0.25, -0.2) is 0 Å². The molecule has 0 unspecified atom stereocenters. The molecule has 3 aliphatic heterocycles. The number of hydrogen-bond acceptors (Lipinski definition) is 9. The van der Waals surface area contributed by atoms with Gasteiger partial charge < -0.3 is 36.0 Å². The van der Waals surface area contributed by atoms with Gasteiger partial charge in [0, 0.05) is 54.1 Å². The zero-order chi connectivity index (χ0) is 24.8. The van der Waals surface area contributed by atoms with Gasteiger partial charge in [-0.2, -0.15) is 0 Å². The Morgan fingerprint density at radius 3 is 1.89 bits per heavy atom. The molecule has 6 rings (SSSR count). The van der Waals surface area contributed by atoms with Gasteiger partial charge in [-0.1, -0.05) is 0 Å². The van der Waals surface area contributed by atoms with E-state index in [0.29, 0.717) is 65.1 Å². The van der Waals surface area contributed by atoms with Crippen molar-refractivity contribution in [3.63, 3.8) is 0 Å². The van der Waals surface area contributed by atoms with Gasteiger partial charge in [-0.05, 0) is 37.0 Å². The minimum atomic E-state index is -0.531. The first-order chi connectivity index (χ1) is 16.7. The van der Waals surface area contributed by atoms with E-state index in [1.54, 1.807) is 26.3 Å². The van der Waals surface area contributed by atoms with E-state index < -0.39 is 23.0 Å². The van der Waals surface area contributed by atoms with Crippen molar-refractivity contribution in [2.45, 2.75) is 33.1 Å². The quantitative estimate of drug-likeness (QED) is 0.215. The largest absolute Gasteiger partial charge is 0.504 e. The molecule has 3 aliphatic rings. The minimum absolute atomic E-state index is 0.140. The molecule has 3 aromatic carbocycles. The van der Waals surface area contributed by atoms with Crippen LogP contribution in [-0.2, 0) is 19.3 Å². The second-order valence-electron chi connectivity index (χ2n) is 9.06. The molecule has 3 aromatic rings. The fourth-order valence-corrected chi connectivity index (χ4v) is 5.55. The molecule has 0 amide bonds. The van der Waals surface area contributed by atoms with Crippen molar-refractivity contribution in [1.29, 1.82) is 0 Å². The number of aromatic hydroxyl groups is 6. The molecule has 0 radical (unpaired) electrons. The number of phenols is 6. The molecule has 9 heteroatoms. The first-order valence-corrected chi connectivity index (χ1v) is 11.3. The van der Waals surface area contributed by atoms with Gasteiger partial charge in [0.2, 0.25) is 0 Å². The van der Waals surface area contributed by atoms with Gasteiger partial charge in [0.05, 0.1) is 28.2 Å². The van der Waals surface area contributed by atoms with E-state index in [4.69, 9.17) is 0 Å². The van der Waals surface area contributed by atoms with Crippen molar-refractivity contribution in [1.82, 2.24) is 0 Å². The van der Waals surface area contributed by atoms with Crippen molar-refractivity contribution < 1.29 is 30.6 Å². The standard InChI is InChI=1S/C26H23N3O6/c1-9-11-3-6-28-19(11)16(25(34)21(9)30)15-13-5-8-29-20(13)17(26(35)24(15)33)14-12-4-7-27-18(12)10(2)22(31)23(14)32/h6-7,29-35H,3-5,8H2,1-2H3. The summed E-state index contributed by atoms with van der Waals surface area (Å²) >= 11 is 0. The van der Waals surface area contributed by atoms with E-state index in [0.717, 1.165) is 5.56 Å². The number of benzene rings is 3. The summed E-state index contributed by atoms with van der Waals surface area (Å²) in [7, 11) is 0. The lowest BCUT2D eigenvalue weighted by Gasteiger charge is -2.23. The average Bonchev–Trinajstić information content (AvgIpc) is 3.61. The second kappa shape index (κ2) is 7.05. The molecule has 0 aromatic heterocycles. The first-order valence-electron chi connectivity index (χ1n) is 11.3. The molecule has 0 fully saturated rings. The number of nitrogens with zero attached hydrogens (tertiary/aromatic N) is 2. The number of nitrogens with one attached hydrogen (secondary N) is 1. The Morgan fingerprint density at radius 2 is 1.14 bits per heavy atom. The van der Waals surface area contributed by atoms with E-state index in [9.17, 15) is 30.6 Å². The summed E-state index contributed by atoms with van der Waals surface area (Å²) in [6.07, 6.45) is 4.61. The fraction of sp³-hybridized carbons (Fsp3) is 0.231. The molecule has 0 aliphatic carbocycles. The lowest BCUT2D eigenvalue weighted by atomic mass is 9.85. The monoisotopic (exact) mass is 473 g/mol. The third-order valence-corrected chi connectivity index (χ3v) is 7.31. The van der Waals surface area contributed by atoms with Gasteiger partial charge in [-0.3, -0.25) is 9.98 Å². The predicted octanol–water partition coefficient (Wildman–Crippen LogP) is 4.36. The fourth-order valence-electron chi connectivity index (χ4n) is 5.55. The molecule has 0 saturated carbocycles. The Kier molecular flexibility index (Phi) is 4.26. The molecule has 9 nitrogen and oxygen atoms in total. The number of anilines is 1. The van der Waals surface area contributed by atoms with Crippen LogP contribution in [0.4, 0.5) is 17.1 Å². The topological polar surface area (TPSA) is 158 Å². The zero-order valence-electron chi connectivity index (χ0n) is 19.1. The van der Waals surface area contributed by atoms with E-state index in [1.165, 1.54) is 0 Å². The SMILES string of the molecule is Cc1c(O)c(O)c(-c2c(O)c(O)c(-c3c(O)c(O)c(C)c4c3CC=N4)c3c2CCN3)c2c1CC=N2. The average molecular weight is 473 g/mol. The lowest BCUT2D eigenvalue weighted by Crippen LogP contribution is -1.99. The Balaban J connectivity index is 1.72. The molecule has 7 N–H and O–H groups in total. The van der Waals surface area contributed by atoms with Crippen LogP contribution in [0.25, 0.3) is 22.3 Å². The number of rotatable bonds is 2. The van der Waals surface area contributed by atoms with Gasteiger partial charge >= 0.3 is 0 Å². The maximum absolute atomic E-state index is 11.3. The molecule has 35 heavy (non-hydrogen) atoms. The molecule has 0 atom stereocenters. The highest BCUT2D eigenvalue weighted by molar-refractivity contribution is 6.05. The van der Waals surface area contributed by atoms with Crippen LogP contribution in [0.5, 0.6) is 34.5 Å². The van der Waals surface area contributed by atoms with E-state index >= 15 is 0 Å². The van der Waals surface area contributed by atoms with Gasteiger partial charge in [0.25, 0.3) is 0 Å². The highest BCUT2D eigenvalue weighted by Gasteiger charge is 2.36. The maximum Gasteiger partial charge on any atom is 0.168 e. The Labute approximate surface area is 200 Å². The number of phenolic OH excluding ortho intramolecular Hbond substituents is 6. The molecule has 0 bridgehead atoms. The van der Waals surface area contributed by atoms with E-state index in [-0.39, 0.29) is 33.8 Å². The molecule has 3 heterocycles. The van der Waals surface area contributed by atoms with E-state index in [2.05, 4.69) is 15.3 Å². The van der Waals surface area contributed by atoms with Gasteiger partial charge in [0.15, 0.2) is 34.5 Å². The van der Waals surface area contributed by atoms with Crippen molar-refractivity contribution in [3.05, 3.63) is 27.8 Å². The summed E-state index contributed by atoms with van der Waals surface area (Å²) in [6.45, 7) is 3.81. The maximum atomic E-state index is 11.3. The molecule has 0 spiro atoms. The molecular formula is C26H23N3O6.